The molecule has 0 radical (unpaired) electrons. The van der Waals surface area contributed by atoms with Crippen LogP contribution in [0.2, 0.25) is 0 Å². The van der Waals surface area contributed by atoms with Crippen LogP contribution < -0.4 is 0 Å². The van der Waals surface area contributed by atoms with Crippen LogP contribution in [0.25, 0.3) is 0 Å². The van der Waals surface area contributed by atoms with E-state index >= 15 is 0 Å². The monoisotopic (exact) mass is 238 g/mol. The second kappa shape index (κ2) is 5.90. The molecule has 0 rings (SSSR count). The first-order valence-corrected chi connectivity index (χ1v) is 2.79. The summed E-state index contributed by atoms with van der Waals surface area (Å²) < 4.78 is 16.3. The van der Waals surface area contributed by atoms with Crippen LogP contribution in [-0.2, 0) is 20.8 Å². The molecule has 0 bridgehead atoms. The van der Waals surface area contributed by atoms with Crippen molar-refractivity contribution in [3.8, 4) is 0 Å². The molecule has 0 aromatic rings. The Balaban J connectivity index is 0. The van der Waals surface area contributed by atoms with Crippen molar-refractivity contribution in [2.45, 2.75) is 0 Å². The first-order valence-electron chi connectivity index (χ1n) is 0.565. The van der Waals surface area contributed by atoms with Crippen molar-refractivity contribution >= 4 is 69.7 Å². The standard InChI is InChI=1S/Ba.H2O2S2.2H/c;1-4(2)3;;/h;4H,(H,1,2,3);;. The zero-order valence-electron chi connectivity index (χ0n) is 1.71. The van der Waals surface area contributed by atoms with Gasteiger partial charge in [0, 0.05) is 11.2 Å². The first-order chi connectivity index (χ1) is 1.73. The summed E-state index contributed by atoms with van der Waals surface area (Å²) in [5, 5.41) is 0. The fourth-order valence-corrected chi connectivity index (χ4v) is 0. The van der Waals surface area contributed by atoms with Crippen molar-refractivity contribution in [3.63, 3.8) is 0 Å². The fourth-order valence-electron chi connectivity index (χ4n) is 0. The Hall–Kier alpha value is 1.90. The van der Waals surface area contributed by atoms with E-state index in [2.05, 4.69) is 11.2 Å². The second-order valence-corrected chi connectivity index (χ2v) is 1.65. The van der Waals surface area contributed by atoms with E-state index < -0.39 is 9.64 Å². The number of hydrogen-bond acceptors (Lipinski definition) is 2. The molecule has 0 spiro atoms. The van der Waals surface area contributed by atoms with Crippen molar-refractivity contribution in [1.82, 2.24) is 0 Å². The van der Waals surface area contributed by atoms with Crippen LogP contribution in [-0.4, -0.2) is 57.6 Å². The average Bonchev–Trinajstić information content (AvgIpc) is 0.811. The van der Waals surface area contributed by atoms with Gasteiger partial charge in [-0.05, 0) is 0 Å². The minimum absolute atomic E-state index is 0. The van der Waals surface area contributed by atoms with Crippen molar-refractivity contribution in [1.29, 1.82) is 0 Å². The van der Waals surface area contributed by atoms with Gasteiger partial charge in [0.15, 0.2) is 0 Å². The molecule has 0 amide bonds. The molecule has 0 aliphatic carbocycles. The van der Waals surface area contributed by atoms with Crippen molar-refractivity contribution < 1.29 is 8.76 Å². The summed E-state index contributed by atoms with van der Waals surface area (Å²) in [4.78, 5) is 0. The molecule has 0 saturated heterocycles. The molecule has 0 aliphatic rings. The zero-order valence-corrected chi connectivity index (χ0v) is 3.42. The van der Waals surface area contributed by atoms with E-state index in [1.54, 1.807) is 0 Å². The molecule has 2 nitrogen and oxygen atoms in total. The third-order valence-electron chi connectivity index (χ3n) is 0. The van der Waals surface area contributed by atoms with E-state index in [0.717, 1.165) is 0 Å². The van der Waals surface area contributed by atoms with Gasteiger partial charge in [0.1, 0.15) is 9.64 Å². The third kappa shape index (κ3) is 24.8. The van der Waals surface area contributed by atoms with Crippen LogP contribution in [0.5, 0.6) is 0 Å². The van der Waals surface area contributed by atoms with E-state index in [9.17, 15) is 0 Å². The van der Waals surface area contributed by atoms with Gasteiger partial charge in [-0.1, -0.05) is 0 Å². The van der Waals surface area contributed by atoms with Gasteiger partial charge in [0.2, 0.25) is 0 Å². The molecule has 0 heterocycles. The molecule has 1 N–H and O–H groups in total. The van der Waals surface area contributed by atoms with Gasteiger partial charge >= 0.3 is 48.9 Å². The van der Waals surface area contributed by atoms with Gasteiger partial charge in [0.05, 0.1) is 0 Å². The number of rotatable bonds is 0. The molecule has 0 aliphatic heterocycles. The normalized spacial score (nSPS) is 12.2. The van der Waals surface area contributed by atoms with Crippen molar-refractivity contribution in [3.05, 3.63) is 0 Å². The predicted octanol–water partition coefficient (Wildman–Crippen LogP) is -1.51. The Kier molecular flexibility index (Phi) is 11.8. The summed E-state index contributed by atoms with van der Waals surface area (Å²) in [5.41, 5.74) is 0. The molecular formula is H4BaO2S2. The molecule has 5 heavy (non-hydrogen) atoms. The summed E-state index contributed by atoms with van der Waals surface area (Å²) >= 11 is 3.69. The zero-order chi connectivity index (χ0) is 3.58. The van der Waals surface area contributed by atoms with E-state index in [1.807, 2.05) is 0 Å². The van der Waals surface area contributed by atoms with Gasteiger partial charge in [-0.3, -0.25) is 0 Å². The maximum atomic E-state index is 8.96. The van der Waals surface area contributed by atoms with E-state index in [1.165, 1.54) is 0 Å². The molecule has 0 aromatic heterocycles. The van der Waals surface area contributed by atoms with Crippen LogP contribution in [0.15, 0.2) is 0 Å². The Morgan fingerprint density at radius 1 is 1.80 bits per heavy atom. The topological polar surface area (TPSA) is 37.3 Å². The molecule has 0 fully saturated rings. The van der Waals surface area contributed by atoms with Crippen LogP contribution in [0, 0.1) is 0 Å². The Morgan fingerprint density at radius 3 is 1.80 bits per heavy atom. The van der Waals surface area contributed by atoms with Crippen LogP contribution in [0.3, 0.4) is 0 Å². The summed E-state index contributed by atoms with van der Waals surface area (Å²) in [6.45, 7) is 0. The van der Waals surface area contributed by atoms with Gasteiger partial charge in [0.25, 0.3) is 0 Å². The molecule has 0 saturated carbocycles. The van der Waals surface area contributed by atoms with Gasteiger partial charge in [-0.25, -0.2) is 4.21 Å². The molecule has 5 heteroatoms. The molecule has 30 valence electrons. The maximum absolute atomic E-state index is 8.96. The SMILES string of the molecule is O=[SH](O)=S.[BaH2]. The second-order valence-electron chi connectivity index (χ2n) is 0.238. The van der Waals surface area contributed by atoms with Crippen molar-refractivity contribution in [2.75, 3.05) is 0 Å². The van der Waals surface area contributed by atoms with E-state index in [-0.39, 0.29) is 48.9 Å². The quantitative estimate of drug-likeness (QED) is 0.397. The first kappa shape index (κ1) is 10.0. The summed E-state index contributed by atoms with van der Waals surface area (Å²) in [6.07, 6.45) is 0. The van der Waals surface area contributed by atoms with Gasteiger partial charge in [-0.2, -0.15) is 0 Å². The minimum atomic E-state index is -2.29. The molecular weight excluding hydrogens is 233 g/mol. The van der Waals surface area contributed by atoms with Crippen LogP contribution >= 0.6 is 0 Å². The number of hydrogen-bond donors (Lipinski definition) is 2. The van der Waals surface area contributed by atoms with Crippen molar-refractivity contribution in [2.24, 2.45) is 0 Å². The summed E-state index contributed by atoms with van der Waals surface area (Å²) in [5.74, 6) is 0. The predicted molar refractivity (Wildman–Crippen MR) is 28.1 cm³/mol. The molecule has 0 aromatic carbocycles. The molecule has 1 atom stereocenters. The van der Waals surface area contributed by atoms with Gasteiger partial charge < -0.3 is 4.55 Å². The fraction of sp³-hybridized carbons (Fsp3) is 0. The Labute approximate surface area is 76.9 Å². The summed E-state index contributed by atoms with van der Waals surface area (Å²) in [6, 6.07) is 0. The van der Waals surface area contributed by atoms with Crippen LogP contribution in [0.4, 0.5) is 0 Å². The van der Waals surface area contributed by atoms with E-state index in [4.69, 9.17) is 8.76 Å². The molecule has 1 unspecified atom stereocenters. The Morgan fingerprint density at radius 2 is 1.80 bits per heavy atom. The third-order valence-corrected chi connectivity index (χ3v) is 0. The number of thiol groups is 1. The van der Waals surface area contributed by atoms with Crippen LogP contribution in [0.1, 0.15) is 0 Å². The van der Waals surface area contributed by atoms with Gasteiger partial charge in [-0.15, -0.1) is 0 Å². The Bertz CT molecular complexity index is 56.0. The summed E-state index contributed by atoms with van der Waals surface area (Å²) in [7, 11) is -2.29. The van der Waals surface area contributed by atoms with E-state index in [0.29, 0.717) is 0 Å². The average molecular weight is 237 g/mol.